The number of nitrogen functional groups attached to an aromatic ring is 1. The molecule has 0 fully saturated rings. The number of hydrogen-bond acceptors (Lipinski definition) is 2. The predicted octanol–water partition coefficient (Wildman–Crippen LogP) is 4.72. The van der Waals surface area contributed by atoms with Gasteiger partial charge in [0.15, 0.2) is 0 Å². The Morgan fingerprint density at radius 2 is 1.94 bits per heavy atom. The lowest BCUT2D eigenvalue weighted by Crippen LogP contribution is -1.99. The molecule has 5 heteroatoms. The van der Waals surface area contributed by atoms with Crippen LogP contribution in [0.15, 0.2) is 30.3 Å². The average molecular weight is 377 g/mol. The first-order valence-electron chi connectivity index (χ1n) is 5.25. The van der Waals surface area contributed by atoms with Crippen molar-refractivity contribution >= 4 is 51.3 Å². The molecule has 0 aliphatic rings. The van der Waals surface area contributed by atoms with Crippen LogP contribution >= 0.6 is 34.2 Å². The Kier molecular flexibility index (Phi) is 3.97. The highest BCUT2D eigenvalue weighted by Gasteiger charge is 2.07. The van der Waals surface area contributed by atoms with Crippen LogP contribution in [0.4, 0.5) is 21.5 Å². The van der Waals surface area contributed by atoms with E-state index in [0.717, 1.165) is 9.26 Å². The third kappa shape index (κ3) is 2.87. The van der Waals surface area contributed by atoms with Gasteiger partial charge < -0.3 is 11.1 Å². The molecule has 18 heavy (non-hydrogen) atoms. The van der Waals surface area contributed by atoms with Crippen molar-refractivity contribution in [2.75, 3.05) is 11.1 Å². The van der Waals surface area contributed by atoms with Crippen molar-refractivity contribution in [1.82, 2.24) is 0 Å². The van der Waals surface area contributed by atoms with Crippen LogP contribution in [0.25, 0.3) is 0 Å². The van der Waals surface area contributed by atoms with Crippen molar-refractivity contribution in [2.24, 2.45) is 0 Å². The summed E-state index contributed by atoms with van der Waals surface area (Å²) in [5, 5.41) is 3.71. The Bertz CT molecular complexity index is 602. The summed E-state index contributed by atoms with van der Waals surface area (Å²) in [5.41, 5.74) is 8.06. The molecule has 0 heterocycles. The lowest BCUT2D eigenvalue weighted by atomic mass is 10.1. The summed E-state index contributed by atoms with van der Waals surface area (Å²) in [7, 11) is 0. The first-order valence-corrected chi connectivity index (χ1v) is 6.71. The van der Waals surface area contributed by atoms with Gasteiger partial charge in [-0.15, -0.1) is 0 Å². The van der Waals surface area contributed by atoms with Crippen LogP contribution in [0.3, 0.4) is 0 Å². The lowest BCUT2D eigenvalue weighted by molar-refractivity contribution is 0.619. The summed E-state index contributed by atoms with van der Waals surface area (Å²) in [6.07, 6.45) is 0. The average Bonchev–Trinajstić information content (AvgIpc) is 2.29. The van der Waals surface area contributed by atoms with Crippen molar-refractivity contribution in [1.29, 1.82) is 0 Å². The Labute approximate surface area is 123 Å². The first-order chi connectivity index (χ1) is 8.47. The number of nitrogens with two attached hydrogens (primary N) is 1. The monoisotopic (exact) mass is 376 g/mol. The maximum absolute atomic E-state index is 13.3. The van der Waals surface area contributed by atoms with Gasteiger partial charge in [-0.05, 0) is 65.4 Å². The number of hydrogen-bond donors (Lipinski definition) is 2. The molecule has 94 valence electrons. The van der Waals surface area contributed by atoms with E-state index in [4.69, 9.17) is 17.3 Å². The number of halogens is 3. The summed E-state index contributed by atoms with van der Waals surface area (Å²) in [6, 6.07) is 8.61. The Morgan fingerprint density at radius 1 is 1.22 bits per heavy atom. The van der Waals surface area contributed by atoms with Gasteiger partial charge in [0.05, 0.1) is 22.1 Å². The van der Waals surface area contributed by atoms with E-state index in [9.17, 15) is 4.39 Å². The molecule has 2 aromatic carbocycles. The van der Waals surface area contributed by atoms with E-state index in [1.54, 1.807) is 13.0 Å². The van der Waals surface area contributed by atoms with Crippen molar-refractivity contribution in [3.05, 3.63) is 50.3 Å². The molecule has 3 N–H and O–H groups in total. The predicted molar refractivity (Wildman–Crippen MR) is 83.0 cm³/mol. The lowest BCUT2D eigenvalue weighted by Gasteiger charge is -2.12. The quantitative estimate of drug-likeness (QED) is 0.588. The van der Waals surface area contributed by atoms with E-state index in [1.165, 1.54) is 6.07 Å². The molecule has 0 aliphatic carbocycles. The minimum absolute atomic E-state index is 0.313. The second kappa shape index (κ2) is 5.32. The molecule has 0 amide bonds. The summed E-state index contributed by atoms with van der Waals surface area (Å²) >= 11 is 8.30. The highest BCUT2D eigenvalue weighted by atomic mass is 127. The van der Waals surface area contributed by atoms with Crippen LogP contribution in [-0.2, 0) is 0 Å². The molecule has 0 bridgehead atoms. The van der Waals surface area contributed by atoms with Gasteiger partial charge in [0.2, 0.25) is 0 Å². The highest BCUT2D eigenvalue weighted by Crippen LogP contribution is 2.30. The van der Waals surface area contributed by atoms with E-state index in [0.29, 0.717) is 22.0 Å². The van der Waals surface area contributed by atoms with E-state index < -0.39 is 0 Å². The van der Waals surface area contributed by atoms with Crippen LogP contribution in [0.1, 0.15) is 5.56 Å². The summed E-state index contributed by atoms with van der Waals surface area (Å²) in [4.78, 5) is 0. The van der Waals surface area contributed by atoms with Crippen LogP contribution in [-0.4, -0.2) is 0 Å². The molecule has 0 unspecified atom stereocenters. The first kappa shape index (κ1) is 13.4. The minimum atomic E-state index is -0.313. The van der Waals surface area contributed by atoms with Gasteiger partial charge in [0.25, 0.3) is 0 Å². The summed E-state index contributed by atoms with van der Waals surface area (Å²) in [5.74, 6) is -0.313. The number of aryl methyl sites for hydroxylation is 1. The second-order valence-electron chi connectivity index (χ2n) is 3.94. The summed E-state index contributed by atoms with van der Waals surface area (Å²) in [6.45, 7) is 1.69. The fourth-order valence-electron chi connectivity index (χ4n) is 1.54. The molecular weight excluding hydrogens is 366 g/mol. The number of benzene rings is 2. The second-order valence-corrected chi connectivity index (χ2v) is 5.59. The van der Waals surface area contributed by atoms with Gasteiger partial charge in [-0.3, -0.25) is 0 Å². The van der Waals surface area contributed by atoms with Gasteiger partial charge in [-0.2, -0.15) is 0 Å². The smallest absolute Gasteiger partial charge is 0.128 e. The zero-order valence-electron chi connectivity index (χ0n) is 9.60. The van der Waals surface area contributed by atoms with Crippen molar-refractivity contribution in [2.45, 2.75) is 6.92 Å². The zero-order valence-corrected chi connectivity index (χ0v) is 12.5. The highest BCUT2D eigenvalue weighted by molar-refractivity contribution is 14.1. The third-order valence-corrected chi connectivity index (χ3v) is 3.51. The third-order valence-electron chi connectivity index (χ3n) is 2.53. The number of anilines is 3. The maximum atomic E-state index is 13.3. The molecule has 0 aromatic heterocycles. The molecule has 0 atom stereocenters. The fraction of sp³-hybridized carbons (Fsp3) is 0.0769. The van der Waals surface area contributed by atoms with Crippen molar-refractivity contribution < 1.29 is 4.39 Å². The van der Waals surface area contributed by atoms with Gasteiger partial charge in [0.1, 0.15) is 5.82 Å². The maximum Gasteiger partial charge on any atom is 0.128 e. The Morgan fingerprint density at radius 3 is 2.61 bits per heavy atom. The van der Waals surface area contributed by atoms with E-state index in [1.807, 2.05) is 18.2 Å². The Balaban J connectivity index is 2.37. The molecule has 2 rings (SSSR count). The minimum Gasteiger partial charge on any atom is -0.397 e. The molecule has 2 aromatic rings. The van der Waals surface area contributed by atoms with Crippen LogP contribution < -0.4 is 11.1 Å². The van der Waals surface area contributed by atoms with E-state index in [-0.39, 0.29) is 5.82 Å². The van der Waals surface area contributed by atoms with Crippen LogP contribution in [0.5, 0.6) is 0 Å². The number of rotatable bonds is 2. The molecular formula is C13H11ClFIN2. The topological polar surface area (TPSA) is 38.0 Å². The molecule has 0 radical (unpaired) electrons. The normalized spacial score (nSPS) is 10.4. The van der Waals surface area contributed by atoms with Gasteiger partial charge in [-0.1, -0.05) is 11.6 Å². The fourth-order valence-corrected chi connectivity index (χ4v) is 2.44. The molecule has 2 nitrogen and oxygen atoms in total. The van der Waals surface area contributed by atoms with Gasteiger partial charge in [0, 0.05) is 3.57 Å². The Hall–Kier alpha value is -1.01. The molecule has 0 spiro atoms. The van der Waals surface area contributed by atoms with E-state index >= 15 is 0 Å². The largest absolute Gasteiger partial charge is 0.397 e. The summed E-state index contributed by atoms with van der Waals surface area (Å²) < 4.78 is 14.3. The molecule has 0 saturated heterocycles. The van der Waals surface area contributed by atoms with Gasteiger partial charge in [-0.25, -0.2) is 4.39 Å². The van der Waals surface area contributed by atoms with Crippen molar-refractivity contribution in [3.63, 3.8) is 0 Å². The zero-order chi connectivity index (χ0) is 13.3. The van der Waals surface area contributed by atoms with Crippen molar-refractivity contribution in [3.8, 4) is 0 Å². The molecule has 0 saturated carbocycles. The van der Waals surface area contributed by atoms with Crippen LogP contribution in [0, 0.1) is 16.3 Å². The molecule has 0 aliphatic heterocycles. The van der Waals surface area contributed by atoms with Crippen LogP contribution in [0.2, 0.25) is 5.02 Å². The SMILES string of the molecule is Cc1cc(Nc2ccc(I)cc2Cl)c(N)cc1F. The van der Waals surface area contributed by atoms with Gasteiger partial charge >= 0.3 is 0 Å². The number of nitrogens with one attached hydrogen (secondary N) is 1. The van der Waals surface area contributed by atoms with E-state index in [2.05, 4.69) is 27.9 Å². The standard InChI is InChI=1S/C13H11ClFIN2/c1-7-4-13(11(17)6-10(7)15)18-12-3-2-8(16)5-9(12)14/h2-6,18H,17H2,1H3.